The molecule has 0 atom stereocenters. The Bertz CT molecular complexity index is 554. The Balaban J connectivity index is 2.49. The van der Waals surface area contributed by atoms with Crippen LogP contribution in [-0.2, 0) is 15.5 Å². The SMILES string of the molecule is CC(C)c1cnc(C(F)(F)F)cc1B1OC(C)(C)C(C)(C)O1. The molecule has 1 aromatic rings. The summed E-state index contributed by atoms with van der Waals surface area (Å²) >= 11 is 0. The van der Waals surface area contributed by atoms with E-state index < -0.39 is 30.2 Å². The van der Waals surface area contributed by atoms with Gasteiger partial charge in [-0.2, -0.15) is 13.2 Å². The highest BCUT2D eigenvalue weighted by atomic mass is 19.4. The van der Waals surface area contributed by atoms with Gasteiger partial charge >= 0.3 is 13.3 Å². The van der Waals surface area contributed by atoms with Gasteiger partial charge in [0, 0.05) is 6.20 Å². The molecule has 3 nitrogen and oxygen atoms in total. The van der Waals surface area contributed by atoms with E-state index in [-0.39, 0.29) is 5.92 Å². The average Bonchev–Trinajstić information content (AvgIpc) is 2.56. The van der Waals surface area contributed by atoms with Gasteiger partial charge in [0.15, 0.2) is 0 Å². The monoisotopic (exact) mass is 315 g/mol. The van der Waals surface area contributed by atoms with Crippen molar-refractivity contribution in [3.63, 3.8) is 0 Å². The molecule has 1 aliphatic heterocycles. The molecule has 0 N–H and O–H groups in total. The highest BCUT2D eigenvalue weighted by Crippen LogP contribution is 2.37. The zero-order valence-corrected chi connectivity index (χ0v) is 13.7. The summed E-state index contributed by atoms with van der Waals surface area (Å²) in [4.78, 5) is 3.54. The molecule has 0 unspecified atom stereocenters. The highest BCUT2D eigenvalue weighted by molar-refractivity contribution is 6.62. The number of aromatic nitrogens is 1. The number of rotatable bonds is 2. The van der Waals surface area contributed by atoms with E-state index in [0.29, 0.717) is 11.0 Å². The van der Waals surface area contributed by atoms with Crippen LogP contribution in [0.5, 0.6) is 0 Å². The van der Waals surface area contributed by atoms with Crippen LogP contribution in [0, 0.1) is 0 Å². The van der Waals surface area contributed by atoms with Crippen LogP contribution in [0.2, 0.25) is 0 Å². The van der Waals surface area contributed by atoms with E-state index in [1.807, 2.05) is 41.5 Å². The van der Waals surface area contributed by atoms with E-state index in [1.165, 1.54) is 6.20 Å². The van der Waals surface area contributed by atoms with Crippen molar-refractivity contribution in [3.05, 3.63) is 23.5 Å². The molecule has 0 radical (unpaired) electrons. The summed E-state index contributed by atoms with van der Waals surface area (Å²) in [6, 6.07) is 1.04. The lowest BCUT2D eigenvalue weighted by molar-refractivity contribution is -0.141. The van der Waals surface area contributed by atoms with Crippen molar-refractivity contribution >= 4 is 12.6 Å². The molecule has 7 heteroatoms. The maximum absolute atomic E-state index is 12.9. The van der Waals surface area contributed by atoms with E-state index in [1.54, 1.807) is 0 Å². The Morgan fingerprint density at radius 3 is 2.00 bits per heavy atom. The fourth-order valence-corrected chi connectivity index (χ4v) is 2.29. The van der Waals surface area contributed by atoms with E-state index in [4.69, 9.17) is 9.31 Å². The van der Waals surface area contributed by atoms with Gasteiger partial charge in [0.25, 0.3) is 0 Å². The molecule has 1 aromatic heterocycles. The summed E-state index contributed by atoms with van der Waals surface area (Å²) in [5, 5.41) is 0. The fourth-order valence-electron chi connectivity index (χ4n) is 2.29. The first-order chi connectivity index (χ1) is 9.85. The molecule has 1 saturated heterocycles. The third-order valence-electron chi connectivity index (χ3n) is 4.39. The van der Waals surface area contributed by atoms with Gasteiger partial charge in [-0.1, -0.05) is 13.8 Å². The van der Waals surface area contributed by atoms with Crippen LogP contribution in [0.1, 0.15) is 58.7 Å². The van der Waals surface area contributed by atoms with Gasteiger partial charge in [0.2, 0.25) is 0 Å². The van der Waals surface area contributed by atoms with Crippen molar-refractivity contribution in [1.82, 2.24) is 4.98 Å². The highest BCUT2D eigenvalue weighted by Gasteiger charge is 2.52. The van der Waals surface area contributed by atoms with Crippen LogP contribution in [0.25, 0.3) is 0 Å². The predicted octanol–water partition coefficient (Wildman–Crippen LogP) is 3.52. The minimum Gasteiger partial charge on any atom is -0.399 e. The summed E-state index contributed by atoms with van der Waals surface area (Å²) in [6.07, 6.45) is -3.22. The third kappa shape index (κ3) is 3.01. The van der Waals surface area contributed by atoms with Crippen molar-refractivity contribution in [2.24, 2.45) is 0 Å². The first-order valence-corrected chi connectivity index (χ1v) is 7.28. The Hall–Kier alpha value is -1.08. The Kier molecular flexibility index (Phi) is 4.11. The summed E-state index contributed by atoms with van der Waals surface area (Å²) in [5.74, 6) is 0.0174. The average molecular weight is 315 g/mol. The second kappa shape index (κ2) is 5.23. The van der Waals surface area contributed by atoms with Gasteiger partial charge in [-0.15, -0.1) is 0 Å². The van der Waals surface area contributed by atoms with Crippen molar-refractivity contribution in [1.29, 1.82) is 0 Å². The van der Waals surface area contributed by atoms with Crippen LogP contribution >= 0.6 is 0 Å². The van der Waals surface area contributed by atoms with Crippen molar-refractivity contribution in [2.75, 3.05) is 0 Å². The van der Waals surface area contributed by atoms with E-state index >= 15 is 0 Å². The number of hydrogen-bond donors (Lipinski definition) is 0. The lowest BCUT2D eigenvalue weighted by Crippen LogP contribution is -2.41. The van der Waals surface area contributed by atoms with Gasteiger partial charge < -0.3 is 9.31 Å². The van der Waals surface area contributed by atoms with Crippen LogP contribution in [-0.4, -0.2) is 23.3 Å². The zero-order chi connectivity index (χ0) is 16.9. The molecule has 0 saturated carbocycles. The minimum atomic E-state index is -4.49. The van der Waals surface area contributed by atoms with E-state index in [0.717, 1.165) is 6.07 Å². The van der Waals surface area contributed by atoms with E-state index in [2.05, 4.69) is 4.98 Å². The quantitative estimate of drug-likeness (QED) is 0.783. The fraction of sp³-hybridized carbons (Fsp3) is 0.667. The molecule has 2 heterocycles. The van der Waals surface area contributed by atoms with Crippen LogP contribution < -0.4 is 5.46 Å². The lowest BCUT2D eigenvalue weighted by Gasteiger charge is -2.32. The normalized spacial score (nSPS) is 20.7. The summed E-state index contributed by atoms with van der Waals surface area (Å²) in [6.45, 7) is 11.3. The predicted molar refractivity (Wildman–Crippen MR) is 79.0 cm³/mol. The molecule has 0 amide bonds. The third-order valence-corrected chi connectivity index (χ3v) is 4.39. The summed E-state index contributed by atoms with van der Waals surface area (Å²) in [5.41, 5.74) is -1.04. The van der Waals surface area contributed by atoms with Gasteiger partial charge in [-0.05, 0) is 50.7 Å². The Morgan fingerprint density at radius 1 is 1.09 bits per heavy atom. The Morgan fingerprint density at radius 2 is 1.59 bits per heavy atom. The molecule has 0 aromatic carbocycles. The molecule has 1 fully saturated rings. The van der Waals surface area contributed by atoms with Crippen LogP contribution in [0.3, 0.4) is 0 Å². The molecule has 0 bridgehead atoms. The summed E-state index contributed by atoms with van der Waals surface area (Å²) in [7, 11) is -0.827. The number of hydrogen-bond acceptors (Lipinski definition) is 3. The van der Waals surface area contributed by atoms with Crippen molar-refractivity contribution < 1.29 is 22.5 Å². The summed E-state index contributed by atoms with van der Waals surface area (Å²) < 4.78 is 50.6. The van der Waals surface area contributed by atoms with Gasteiger partial charge in [0.1, 0.15) is 5.69 Å². The largest absolute Gasteiger partial charge is 0.495 e. The second-order valence-electron chi connectivity index (χ2n) is 6.94. The van der Waals surface area contributed by atoms with E-state index in [9.17, 15) is 13.2 Å². The van der Waals surface area contributed by atoms with Crippen molar-refractivity contribution in [2.45, 2.75) is 64.8 Å². The van der Waals surface area contributed by atoms with Gasteiger partial charge in [-0.3, -0.25) is 4.98 Å². The van der Waals surface area contributed by atoms with Crippen molar-refractivity contribution in [3.8, 4) is 0 Å². The Labute approximate surface area is 129 Å². The number of pyridine rings is 1. The molecule has 22 heavy (non-hydrogen) atoms. The molecule has 0 aliphatic carbocycles. The number of halogens is 3. The zero-order valence-electron chi connectivity index (χ0n) is 13.7. The van der Waals surface area contributed by atoms with Crippen LogP contribution in [0.4, 0.5) is 13.2 Å². The lowest BCUT2D eigenvalue weighted by atomic mass is 9.74. The first-order valence-electron chi connectivity index (χ1n) is 7.28. The maximum atomic E-state index is 12.9. The number of alkyl halides is 3. The maximum Gasteiger partial charge on any atom is 0.495 e. The minimum absolute atomic E-state index is 0.0174. The van der Waals surface area contributed by atoms with Gasteiger partial charge in [-0.25, -0.2) is 0 Å². The van der Waals surface area contributed by atoms with Gasteiger partial charge in [0.05, 0.1) is 11.2 Å². The molecule has 0 spiro atoms. The molecular weight excluding hydrogens is 294 g/mol. The number of nitrogens with zero attached hydrogens (tertiary/aromatic N) is 1. The molecule has 2 rings (SSSR count). The topological polar surface area (TPSA) is 31.4 Å². The second-order valence-corrected chi connectivity index (χ2v) is 6.94. The molecule has 122 valence electrons. The first kappa shape index (κ1) is 17.3. The molecular formula is C15H21BF3NO2. The van der Waals surface area contributed by atoms with Crippen LogP contribution in [0.15, 0.2) is 12.3 Å². The molecule has 1 aliphatic rings. The smallest absolute Gasteiger partial charge is 0.399 e. The standard InChI is InChI=1S/C15H21BF3NO2/c1-9(2)10-8-20-12(15(17,18)19)7-11(10)16-21-13(3,4)14(5,6)22-16/h7-9H,1-6H3.